The van der Waals surface area contributed by atoms with E-state index >= 15 is 0 Å². The number of aliphatic imine (C=N–C) groups is 1. The van der Waals surface area contributed by atoms with E-state index in [0.29, 0.717) is 54.6 Å². The predicted octanol–water partition coefficient (Wildman–Crippen LogP) is 7.96. The van der Waals surface area contributed by atoms with Gasteiger partial charge in [0, 0.05) is 71.2 Å². The highest BCUT2D eigenvalue weighted by Crippen LogP contribution is 2.40. The standard InChI is InChI=1S/C28H38N2O3S.C22H32N2O3/c1-19-15-21-9-6-7-10-22(21)16-30(19)17-27(32)25(18-34-23-11-4-3-5-12-23)29-28(33)24-13-8-14-26(31)20(24)2;1-14-10-16-6-3-4-7-17(16)11-24(14)12-21(26)19-13-27-22(23-19)18-8-5-9-20(25)15(18)2/h3-5,8,11-14,19,21-22,25,27,31-32H,6-7,9-10,15-18H2,1-2H3,(H,29,33);5,8-9,14,16-17,19,21,25-26H,3-4,6-7,10-13H2,1-2H3/t19-,21?,22?,25+,27?;14-,16+,17-,19+,21-/m11/s1. The molecule has 3 aliphatic heterocycles. The van der Waals surface area contributed by atoms with Crippen molar-refractivity contribution in [2.24, 2.45) is 28.7 Å². The van der Waals surface area contributed by atoms with Gasteiger partial charge in [-0.25, -0.2) is 4.99 Å². The maximum Gasteiger partial charge on any atom is 0.252 e. The van der Waals surface area contributed by atoms with Crippen LogP contribution < -0.4 is 5.32 Å². The van der Waals surface area contributed by atoms with Crippen LogP contribution in [0.3, 0.4) is 0 Å². The van der Waals surface area contributed by atoms with E-state index in [-0.39, 0.29) is 23.4 Å². The maximum atomic E-state index is 13.1. The van der Waals surface area contributed by atoms with Gasteiger partial charge >= 0.3 is 0 Å². The van der Waals surface area contributed by atoms with E-state index in [0.717, 1.165) is 52.8 Å². The van der Waals surface area contributed by atoms with Crippen LogP contribution in [0.5, 0.6) is 11.5 Å². The number of nitrogens with zero attached hydrogens (tertiary/aromatic N) is 3. The van der Waals surface area contributed by atoms with Crippen LogP contribution in [0, 0.1) is 37.5 Å². The molecule has 0 aromatic heterocycles. The lowest BCUT2D eigenvalue weighted by Crippen LogP contribution is -2.54. The Bertz CT molecular complexity index is 1930. The second kappa shape index (κ2) is 21.2. The Morgan fingerprint density at radius 1 is 0.770 bits per heavy atom. The first-order valence-corrected chi connectivity index (χ1v) is 24.0. The molecule has 332 valence electrons. The predicted molar refractivity (Wildman–Crippen MR) is 245 cm³/mol. The van der Waals surface area contributed by atoms with Crippen LogP contribution in [0.25, 0.3) is 0 Å². The fourth-order valence-electron chi connectivity index (χ4n) is 10.7. The molecule has 0 radical (unpaired) electrons. The number of benzene rings is 3. The Labute approximate surface area is 368 Å². The fraction of sp³-hybridized carbons (Fsp3) is 0.600. The molecule has 0 spiro atoms. The third-order valence-corrected chi connectivity index (χ3v) is 15.7. The van der Waals surface area contributed by atoms with E-state index in [1.807, 2.05) is 43.3 Å². The Morgan fingerprint density at radius 2 is 1.34 bits per heavy atom. The van der Waals surface area contributed by atoms with Crippen LogP contribution in [-0.2, 0) is 4.74 Å². The van der Waals surface area contributed by atoms with E-state index in [1.165, 1.54) is 64.2 Å². The van der Waals surface area contributed by atoms with Crippen molar-refractivity contribution in [3.8, 4) is 11.5 Å². The molecule has 4 fully saturated rings. The third kappa shape index (κ3) is 11.5. The highest BCUT2D eigenvalue weighted by Gasteiger charge is 2.39. The van der Waals surface area contributed by atoms with Gasteiger partial charge in [0.1, 0.15) is 24.1 Å². The van der Waals surface area contributed by atoms with Gasteiger partial charge in [0.15, 0.2) is 0 Å². The molecule has 10 nitrogen and oxygen atoms in total. The van der Waals surface area contributed by atoms with Crippen molar-refractivity contribution in [2.75, 3.05) is 38.5 Å². The highest BCUT2D eigenvalue weighted by molar-refractivity contribution is 7.99. The van der Waals surface area contributed by atoms with Crippen molar-refractivity contribution >= 4 is 23.6 Å². The quantitative estimate of drug-likeness (QED) is 0.115. The second-order valence-electron chi connectivity index (χ2n) is 18.7. The molecule has 3 unspecified atom stereocenters. The maximum absolute atomic E-state index is 13.1. The largest absolute Gasteiger partial charge is 0.508 e. The fourth-order valence-corrected chi connectivity index (χ4v) is 11.7. The van der Waals surface area contributed by atoms with Gasteiger partial charge in [-0.05, 0) is 113 Å². The Kier molecular flexibility index (Phi) is 15.8. The van der Waals surface area contributed by atoms with Gasteiger partial charge in [-0.15, -0.1) is 11.8 Å². The van der Waals surface area contributed by atoms with E-state index < -0.39 is 18.2 Å². The molecule has 3 heterocycles. The first-order chi connectivity index (χ1) is 29.4. The zero-order chi connectivity index (χ0) is 43.0. The number of fused-ring (bicyclic) bond motifs is 2. The summed E-state index contributed by atoms with van der Waals surface area (Å²) in [6.07, 6.45) is 12.1. The van der Waals surface area contributed by atoms with Crippen LogP contribution in [0.1, 0.15) is 105 Å². The number of nitrogens with one attached hydrogen (secondary N) is 1. The third-order valence-electron chi connectivity index (χ3n) is 14.6. The molecule has 11 heteroatoms. The second-order valence-corrected chi connectivity index (χ2v) is 19.8. The Balaban J connectivity index is 0.000000189. The molecule has 8 rings (SSSR count). The van der Waals surface area contributed by atoms with Gasteiger partial charge in [-0.3, -0.25) is 14.6 Å². The minimum Gasteiger partial charge on any atom is -0.508 e. The molecule has 2 saturated carbocycles. The summed E-state index contributed by atoms with van der Waals surface area (Å²) in [7, 11) is 0. The normalized spacial score (nSPS) is 28.2. The zero-order valence-electron chi connectivity index (χ0n) is 36.8. The number of piperidine rings is 2. The number of carbonyl (C=O) groups is 1. The number of hydrogen-bond acceptors (Lipinski definition) is 10. The van der Waals surface area contributed by atoms with Gasteiger partial charge in [-0.2, -0.15) is 0 Å². The number of likely N-dealkylation sites (tertiary alicyclic amines) is 2. The van der Waals surface area contributed by atoms with Crippen molar-refractivity contribution in [3.63, 3.8) is 0 Å². The van der Waals surface area contributed by atoms with Crippen molar-refractivity contribution in [2.45, 2.75) is 133 Å². The average molecular weight is 855 g/mol. The van der Waals surface area contributed by atoms with Gasteiger partial charge in [0.05, 0.1) is 18.2 Å². The summed E-state index contributed by atoms with van der Waals surface area (Å²) in [5.41, 5.74) is 2.57. The van der Waals surface area contributed by atoms with Gasteiger partial charge < -0.3 is 30.5 Å². The summed E-state index contributed by atoms with van der Waals surface area (Å²) in [5, 5.41) is 45.2. The van der Waals surface area contributed by atoms with Crippen LogP contribution in [0.15, 0.2) is 76.6 Å². The number of amides is 1. The number of aliphatic hydroxyl groups excluding tert-OH is 2. The summed E-state index contributed by atoms with van der Waals surface area (Å²) in [6.45, 7) is 12.0. The molecular weight excluding hydrogens is 785 g/mol. The van der Waals surface area contributed by atoms with E-state index in [1.54, 1.807) is 49.0 Å². The highest BCUT2D eigenvalue weighted by atomic mass is 32.2. The van der Waals surface area contributed by atoms with Gasteiger partial charge in [0.25, 0.3) is 5.91 Å². The number of hydrogen-bond donors (Lipinski definition) is 5. The van der Waals surface area contributed by atoms with E-state index in [2.05, 4.69) is 34.0 Å². The molecule has 1 amide bonds. The summed E-state index contributed by atoms with van der Waals surface area (Å²) in [4.78, 5) is 23.8. The topological polar surface area (TPSA) is 138 Å². The monoisotopic (exact) mass is 855 g/mol. The minimum atomic E-state index is -0.680. The molecule has 2 aliphatic carbocycles. The van der Waals surface area contributed by atoms with Crippen molar-refractivity contribution < 1.29 is 30.0 Å². The molecule has 0 bridgehead atoms. The first-order valence-electron chi connectivity index (χ1n) is 23.1. The summed E-state index contributed by atoms with van der Waals surface area (Å²) < 4.78 is 5.77. The molecule has 3 aromatic rings. The molecule has 5 N–H and O–H groups in total. The molecular formula is C50H70N4O6S. The minimum absolute atomic E-state index is 0.104. The van der Waals surface area contributed by atoms with Gasteiger partial charge in [0.2, 0.25) is 5.90 Å². The Morgan fingerprint density at radius 3 is 1.98 bits per heavy atom. The van der Waals surface area contributed by atoms with Crippen LogP contribution in [0.4, 0.5) is 0 Å². The number of aliphatic hydroxyl groups is 2. The smallest absolute Gasteiger partial charge is 0.252 e. The lowest BCUT2D eigenvalue weighted by Gasteiger charge is -2.46. The van der Waals surface area contributed by atoms with Crippen LogP contribution in [-0.4, -0.2) is 117 Å². The lowest BCUT2D eigenvalue weighted by molar-refractivity contribution is 0.00537. The summed E-state index contributed by atoms with van der Waals surface area (Å²) in [6, 6.07) is 20.7. The van der Waals surface area contributed by atoms with Crippen LogP contribution >= 0.6 is 11.8 Å². The van der Waals surface area contributed by atoms with Crippen molar-refractivity contribution in [1.82, 2.24) is 15.1 Å². The number of phenols is 2. The SMILES string of the molecule is Cc1c(O)cccc1C(=O)N[C@@H](CSc1ccccc1)C(O)CN1CC2CCCCC2C[C@H]1C.Cc1c(O)cccc1C1=N[C@H]([C@H](O)CN2C[C@H]3CCCC[C@H]3C[C@H]2C)CO1. The number of β-amino-alcohol motifs (C(OH)–C–C–N with tert-alkyl or cyclic N) is 2. The lowest BCUT2D eigenvalue weighted by atomic mass is 9.73. The molecule has 10 atom stereocenters. The van der Waals surface area contributed by atoms with Crippen LogP contribution in [0.2, 0.25) is 0 Å². The number of ether oxygens (including phenoxy) is 1. The molecule has 3 aromatic carbocycles. The number of thioether (sulfide) groups is 1. The van der Waals surface area contributed by atoms with E-state index in [9.17, 15) is 25.2 Å². The number of rotatable bonds is 12. The molecule has 2 saturated heterocycles. The first kappa shape index (κ1) is 45.4. The van der Waals surface area contributed by atoms with Crippen molar-refractivity contribution in [3.05, 3.63) is 89.0 Å². The number of carbonyl (C=O) groups excluding carboxylic acids is 1. The zero-order valence-corrected chi connectivity index (χ0v) is 37.6. The number of aromatic hydroxyl groups is 2. The molecule has 61 heavy (non-hydrogen) atoms. The van der Waals surface area contributed by atoms with E-state index in [4.69, 9.17) is 4.74 Å². The molecule has 5 aliphatic rings. The Hall–Kier alpha value is -3.61. The summed E-state index contributed by atoms with van der Waals surface area (Å²) >= 11 is 1.64. The summed E-state index contributed by atoms with van der Waals surface area (Å²) in [5.74, 6) is 4.44. The van der Waals surface area contributed by atoms with Crippen molar-refractivity contribution in [1.29, 1.82) is 0 Å². The number of phenolic OH excluding ortho intramolecular Hbond substituents is 2. The average Bonchev–Trinajstić information content (AvgIpc) is 3.76. The van der Waals surface area contributed by atoms with Gasteiger partial charge in [-0.1, -0.05) is 68.9 Å².